The summed E-state index contributed by atoms with van der Waals surface area (Å²) < 4.78 is 11.7. The molecule has 0 bridgehead atoms. The largest absolute Gasteiger partial charge is 0.493 e. The lowest BCUT2D eigenvalue weighted by Gasteiger charge is -2.18. The number of rotatable bonds is 10. The summed E-state index contributed by atoms with van der Waals surface area (Å²) in [7, 11) is 0. The molecule has 1 aliphatic carbocycles. The number of ketones is 1. The van der Waals surface area contributed by atoms with Gasteiger partial charge in [0.1, 0.15) is 28.6 Å². The predicted octanol–water partition coefficient (Wildman–Crippen LogP) is 7.19. The number of benzene rings is 4. The molecule has 0 saturated carbocycles. The highest BCUT2D eigenvalue weighted by atomic mass is 16.5. The Labute approximate surface area is 249 Å². The molecule has 0 spiro atoms. The Morgan fingerprint density at radius 3 is 2.14 bits per heavy atom. The molecule has 4 aromatic rings. The Hall–Kier alpha value is -5.70. The molecule has 3 N–H and O–H groups in total. The maximum atomic E-state index is 13.6. The highest BCUT2D eigenvalue weighted by Crippen LogP contribution is 2.39. The van der Waals surface area contributed by atoms with Gasteiger partial charge in [-0.25, -0.2) is 9.98 Å². The van der Waals surface area contributed by atoms with E-state index in [1.807, 2.05) is 44.2 Å². The molecule has 0 radical (unpaired) electrons. The zero-order valence-corrected chi connectivity index (χ0v) is 23.7. The molecule has 0 unspecified atom stereocenters. The van der Waals surface area contributed by atoms with Crippen LogP contribution in [-0.2, 0) is 4.79 Å². The van der Waals surface area contributed by atoms with Crippen LogP contribution < -0.4 is 14.9 Å². The number of aliphatic hydroxyl groups excluding tert-OH is 2. The van der Waals surface area contributed by atoms with E-state index in [0.29, 0.717) is 58.5 Å². The van der Waals surface area contributed by atoms with Crippen LogP contribution in [0.2, 0.25) is 0 Å². The fraction of sp³-hybridized carbons (Fsp3) is 0.118. The monoisotopic (exact) mass is 574 g/mol. The summed E-state index contributed by atoms with van der Waals surface area (Å²) in [5.41, 5.74) is 6.20. The van der Waals surface area contributed by atoms with E-state index in [1.165, 1.54) is 0 Å². The van der Waals surface area contributed by atoms with Crippen molar-refractivity contribution in [1.82, 2.24) is 0 Å². The number of Topliss-reactive ketones (excluding diaryl/α,β-unsaturated/α-hetero) is 1. The minimum atomic E-state index is -0.500. The van der Waals surface area contributed by atoms with Gasteiger partial charge in [-0.1, -0.05) is 60.7 Å². The van der Waals surface area contributed by atoms with Crippen molar-refractivity contribution in [3.05, 3.63) is 119 Å². The Kier molecular flexibility index (Phi) is 8.92. The van der Waals surface area contributed by atoms with Crippen LogP contribution in [0.4, 0.5) is 17.1 Å². The molecule has 0 saturated heterocycles. The van der Waals surface area contributed by atoms with Gasteiger partial charge in [0.05, 0.1) is 24.5 Å². The summed E-state index contributed by atoms with van der Waals surface area (Å²) in [6.45, 7) is 4.36. The van der Waals surface area contributed by atoms with Crippen LogP contribution in [0.25, 0.3) is 6.08 Å². The summed E-state index contributed by atoms with van der Waals surface area (Å²) >= 11 is 0. The number of nitrogens with one attached hydrogen (secondary N) is 1. The Bertz CT molecular complexity index is 1750. The van der Waals surface area contributed by atoms with Crippen LogP contribution in [0.3, 0.4) is 0 Å². The average Bonchev–Trinajstić information content (AvgIpc) is 3.03. The summed E-state index contributed by atoms with van der Waals surface area (Å²) in [6, 6.07) is 28.4. The number of anilines is 1. The first-order valence-corrected chi connectivity index (χ1v) is 13.8. The Balaban J connectivity index is 1.53. The van der Waals surface area contributed by atoms with Gasteiger partial charge in [0.25, 0.3) is 0 Å². The first-order chi connectivity index (χ1) is 21.0. The molecule has 1 aliphatic rings. The van der Waals surface area contributed by atoms with Crippen LogP contribution in [-0.4, -0.2) is 46.7 Å². The van der Waals surface area contributed by atoms with E-state index < -0.39 is 11.7 Å². The molecule has 0 fully saturated rings. The SMILES string of the molecule is CCOc1cc(N/N=C2/C(=O)C(C(O)=Nc3ccccc3)=Cc3ccccc32)c(OCC)cc1N=C(O)c1ccccc1. The molecule has 0 amide bonds. The number of para-hydroxylation sites is 1. The lowest BCUT2D eigenvalue weighted by atomic mass is 9.89. The van der Waals surface area contributed by atoms with E-state index in [4.69, 9.17) is 9.47 Å². The van der Waals surface area contributed by atoms with Crippen LogP contribution in [0.15, 0.2) is 118 Å². The third-order valence-corrected chi connectivity index (χ3v) is 6.41. The minimum absolute atomic E-state index is 0.0178. The van der Waals surface area contributed by atoms with E-state index in [1.54, 1.807) is 72.8 Å². The second kappa shape index (κ2) is 13.3. The van der Waals surface area contributed by atoms with Gasteiger partial charge >= 0.3 is 0 Å². The van der Waals surface area contributed by atoms with Crippen LogP contribution >= 0.6 is 0 Å². The number of hydrogen-bond acceptors (Lipinski definition) is 7. The van der Waals surface area contributed by atoms with Gasteiger partial charge in [0.15, 0.2) is 0 Å². The maximum Gasteiger partial charge on any atom is 0.222 e. The first-order valence-electron chi connectivity index (χ1n) is 13.8. The summed E-state index contributed by atoms with van der Waals surface area (Å²) in [5, 5.41) is 26.0. The normalized spacial score (nSPS) is 14.2. The van der Waals surface area contributed by atoms with E-state index in [9.17, 15) is 15.0 Å². The number of ether oxygens (including phenoxy) is 2. The highest BCUT2D eigenvalue weighted by molar-refractivity contribution is 6.58. The van der Waals surface area contributed by atoms with Crippen molar-refractivity contribution in [1.29, 1.82) is 0 Å². The minimum Gasteiger partial charge on any atom is -0.493 e. The van der Waals surface area contributed by atoms with Gasteiger partial charge in [0.2, 0.25) is 17.6 Å². The average molecular weight is 575 g/mol. The molecule has 0 aromatic heterocycles. The highest BCUT2D eigenvalue weighted by Gasteiger charge is 2.29. The van der Waals surface area contributed by atoms with Crippen molar-refractivity contribution < 1.29 is 24.5 Å². The van der Waals surface area contributed by atoms with Crippen molar-refractivity contribution in [3.8, 4) is 11.5 Å². The van der Waals surface area contributed by atoms with Crippen LogP contribution in [0.1, 0.15) is 30.5 Å². The molecule has 9 nitrogen and oxygen atoms in total. The number of hydrogen-bond donors (Lipinski definition) is 3. The molecule has 0 heterocycles. The molecule has 5 rings (SSSR count). The number of fused-ring (bicyclic) bond motifs is 1. The quantitative estimate of drug-likeness (QED) is 0.105. The van der Waals surface area contributed by atoms with Gasteiger partial charge in [-0.15, -0.1) is 0 Å². The Morgan fingerprint density at radius 1 is 0.767 bits per heavy atom. The molecule has 0 aliphatic heterocycles. The first kappa shape index (κ1) is 28.8. The Morgan fingerprint density at radius 2 is 1.42 bits per heavy atom. The molecular weight excluding hydrogens is 544 g/mol. The van der Waals surface area contributed by atoms with Crippen molar-refractivity contribution in [3.63, 3.8) is 0 Å². The van der Waals surface area contributed by atoms with Gasteiger partial charge < -0.3 is 19.7 Å². The van der Waals surface area contributed by atoms with E-state index in [0.717, 1.165) is 0 Å². The van der Waals surface area contributed by atoms with Crippen molar-refractivity contribution >= 4 is 46.4 Å². The summed E-state index contributed by atoms with van der Waals surface area (Å²) in [4.78, 5) is 22.3. The van der Waals surface area contributed by atoms with Gasteiger partial charge in [-0.05, 0) is 49.8 Å². The maximum absolute atomic E-state index is 13.6. The van der Waals surface area contributed by atoms with Crippen molar-refractivity contribution in [2.45, 2.75) is 13.8 Å². The van der Waals surface area contributed by atoms with Gasteiger partial charge in [0, 0.05) is 23.3 Å². The molecule has 4 aromatic carbocycles. The second-order valence-electron chi connectivity index (χ2n) is 9.30. The third-order valence-electron chi connectivity index (χ3n) is 6.41. The zero-order valence-electron chi connectivity index (χ0n) is 23.7. The van der Waals surface area contributed by atoms with E-state index in [-0.39, 0.29) is 17.2 Å². The second-order valence-corrected chi connectivity index (χ2v) is 9.30. The van der Waals surface area contributed by atoms with Gasteiger partial charge in [-0.3, -0.25) is 10.2 Å². The van der Waals surface area contributed by atoms with E-state index in [2.05, 4.69) is 20.5 Å². The third kappa shape index (κ3) is 6.62. The fourth-order valence-electron chi connectivity index (χ4n) is 4.42. The molecule has 43 heavy (non-hydrogen) atoms. The predicted molar refractivity (Wildman–Crippen MR) is 170 cm³/mol. The molecule has 216 valence electrons. The number of nitrogens with zero attached hydrogens (tertiary/aromatic N) is 3. The van der Waals surface area contributed by atoms with Gasteiger partial charge in [-0.2, -0.15) is 5.10 Å². The number of hydrazone groups is 1. The van der Waals surface area contributed by atoms with Crippen LogP contribution in [0, 0.1) is 0 Å². The summed E-state index contributed by atoms with van der Waals surface area (Å²) in [5.74, 6) is -0.325. The smallest absolute Gasteiger partial charge is 0.222 e. The van der Waals surface area contributed by atoms with Crippen molar-refractivity contribution in [2.24, 2.45) is 15.1 Å². The number of carbonyl (C=O) groups is 1. The number of carbonyl (C=O) groups excluding carboxylic acids is 1. The molecular formula is C34H30N4O5. The van der Waals surface area contributed by atoms with Crippen molar-refractivity contribution in [2.75, 3.05) is 18.6 Å². The molecule has 0 atom stereocenters. The zero-order chi connectivity index (χ0) is 30.2. The van der Waals surface area contributed by atoms with Crippen LogP contribution in [0.5, 0.6) is 11.5 Å². The lowest BCUT2D eigenvalue weighted by Crippen LogP contribution is -2.27. The standard InChI is InChI=1S/C34H30N4O5/c1-3-42-29-21-28(30(43-4-2)20-27(29)36-33(40)22-13-7-5-8-14-22)37-38-31-25-18-12-11-15-23(25)19-26(32(31)39)34(41)35-24-16-9-6-10-17-24/h5-21,37H,3-4H2,1-2H3,(H,35,41)(H,36,40)/b38-31+. The number of aliphatic hydroxyl groups is 2. The van der Waals surface area contributed by atoms with E-state index >= 15 is 0 Å². The lowest BCUT2D eigenvalue weighted by molar-refractivity contribution is -0.109. The molecule has 9 heteroatoms. The summed E-state index contributed by atoms with van der Waals surface area (Å²) in [6.07, 6.45) is 1.60. The number of aliphatic imine (C=N–C) groups is 2. The topological polar surface area (TPSA) is 125 Å². The fourth-order valence-corrected chi connectivity index (χ4v) is 4.42.